The summed E-state index contributed by atoms with van der Waals surface area (Å²) >= 11 is 0. The molecule has 1 atom stereocenters. The van der Waals surface area contributed by atoms with Crippen LogP contribution in [0.3, 0.4) is 0 Å². The third kappa shape index (κ3) is 5.66. The number of hydrogen-bond acceptors (Lipinski definition) is 4. The van der Waals surface area contributed by atoms with E-state index in [0.717, 1.165) is 47.1 Å². The highest BCUT2D eigenvalue weighted by Crippen LogP contribution is 2.36. The molecule has 1 aromatic heterocycles. The van der Waals surface area contributed by atoms with Crippen LogP contribution in [0.4, 0.5) is 0 Å². The Morgan fingerprint density at radius 3 is 2.61 bits per heavy atom. The highest BCUT2D eigenvalue weighted by molar-refractivity contribution is 5.82. The lowest BCUT2D eigenvalue weighted by atomic mass is 9.86. The first kappa shape index (κ1) is 22.3. The number of ether oxygens (including phenoxy) is 1. The van der Waals surface area contributed by atoms with Crippen molar-refractivity contribution >= 4 is 17.4 Å². The molecule has 0 bridgehead atoms. The van der Waals surface area contributed by atoms with E-state index < -0.39 is 5.97 Å². The topological polar surface area (TPSA) is 88.5 Å². The standard InChI is InChI=1S/C27H26N2O4/c30-25(29-27(20-7-2-1-3-8-20)21-10-6-16-28-17-21)15-14-19-9-4-12-23-22(19)11-5-13-24(23)33-18-26(31)32/h1-3,5-8,10-11,13-14,16-17,27H,4,9,12,15,18H2,(H,29,30)(H,31,32)/b19-14+. The number of nitrogens with zero attached hydrogens (tertiary/aromatic N) is 1. The monoisotopic (exact) mass is 442 g/mol. The van der Waals surface area contributed by atoms with Gasteiger partial charge in [-0.2, -0.15) is 0 Å². The Labute approximate surface area is 192 Å². The molecule has 33 heavy (non-hydrogen) atoms. The number of pyridine rings is 1. The maximum Gasteiger partial charge on any atom is 0.341 e. The van der Waals surface area contributed by atoms with E-state index in [4.69, 9.17) is 9.84 Å². The van der Waals surface area contributed by atoms with Crippen molar-refractivity contribution < 1.29 is 19.4 Å². The van der Waals surface area contributed by atoms with E-state index in [-0.39, 0.29) is 25.0 Å². The lowest BCUT2D eigenvalue weighted by Gasteiger charge is -2.22. The van der Waals surface area contributed by atoms with Crippen LogP contribution in [0.1, 0.15) is 47.6 Å². The first-order valence-electron chi connectivity index (χ1n) is 11.0. The molecule has 168 valence electrons. The van der Waals surface area contributed by atoms with Crippen LogP contribution < -0.4 is 10.1 Å². The predicted molar refractivity (Wildman–Crippen MR) is 126 cm³/mol. The molecular weight excluding hydrogens is 416 g/mol. The molecule has 0 saturated heterocycles. The van der Waals surface area contributed by atoms with Gasteiger partial charge in [0.1, 0.15) is 5.75 Å². The van der Waals surface area contributed by atoms with Crippen molar-refractivity contribution in [1.29, 1.82) is 0 Å². The summed E-state index contributed by atoms with van der Waals surface area (Å²) in [5.74, 6) is -0.478. The zero-order valence-electron chi connectivity index (χ0n) is 18.2. The molecule has 1 unspecified atom stereocenters. The minimum Gasteiger partial charge on any atom is -0.482 e. The number of hydrogen-bond donors (Lipinski definition) is 2. The Bertz CT molecular complexity index is 1100. The van der Waals surface area contributed by atoms with Crippen LogP contribution in [0, 0.1) is 0 Å². The number of carboxylic acids is 1. The fourth-order valence-corrected chi connectivity index (χ4v) is 4.19. The molecule has 1 heterocycles. The Hall–Kier alpha value is -3.93. The van der Waals surface area contributed by atoms with E-state index in [9.17, 15) is 9.59 Å². The molecule has 1 amide bonds. The number of amides is 1. The van der Waals surface area contributed by atoms with Gasteiger partial charge in [-0.1, -0.05) is 54.6 Å². The van der Waals surface area contributed by atoms with Crippen molar-refractivity contribution in [3.63, 3.8) is 0 Å². The van der Waals surface area contributed by atoms with Gasteiger partial charge in [-0.05, 0) is 53.7 Å². The molecular formula is C27H26N2O4. The second kappa shape index (κ2) is 10.6. The van der Waals surface area contributed by atoms with Gasteiger partial charge >= 0.3 is 5.97 Å². The van der Waals surface area contributed by atoms with Gasteiger partial charge in [0.05, 0.1) is 6.04 Å². The van der Waals surface area contributed by atoms with Gasteiger partial charge in [0.15, 0.2) is 6.61 Å². The van der Waals surface area contributed by atoms with Crippen molar-refractivity contribution in [2.24, 2.45) is 0 Å². The van der Waals surface area contributed by atoms with Crippen molar-refractivity contribution in [3.8, 4) is 5.75 Å². The summed E-state index contributed by atoms with van der Waals surface area (Å²) < 4.78 is 5.48. The molecule has 4 rings (SSSR count). The molecule has 1 aliphatic rings. The van der Waals surface area contributed by atoms with Crippen LogP contribution >= 0.6 is 0 Å². The van der Waals surface area contributed by atoms with Gasteiger partial charge in [-0.25, -0.2) is 4.79 Å². The minimum atomic E-state index is -1.00. The van der Waals surface area contributed by atoms with Gasteiger partial charge in [0, 0.05) is 24.4 Å². The molecule has 1 aliphatic carbocycles. The van der Waals surface area contributed by atoms with Crippen LogP contribution in [0.2, 0.25) is 0 Å². The summed E-state index contributed by atoms with van der Waals surface area (Å²) in [4.78, 5) is 28.0. The van der Waals surface area contributed by atoms with Gasteiger partial charge in [-0.3, -0.25) is 9.78 Å². The average Bonchev–Trinajstić information content (AvgIpc) is 2.85. The first-order valence-corrected chi connectivity index (χ1v) is 11.0. The molecule has 0 fully saturated rings. The minimum absolute atomic E-state index is 0.0781. The summed E-state index contributed by atoms with van der Waals surface area (Å²) in [6.07, 6.45) is 8.33. The number of nitrogens with one attached hydrogen (secondary N) is 1. The molecule has 0 radical (unpaired) electrons. The lowest BCUT2D eigenvalue weighted by molar-refractivity contribution is -0.139. The molecule has 0 spiro atoms. The second-order valence-corrected chi connectivity index (χ2v) is 7.95. The first-order chi connectivity index (χ1) is 16.1. The maximum absolute atomic E-state index is 12.9. The fraction of sp³-hybridized carbons (Fsp3) is 0.222. The summed E-state index contributed by atoms with van der Waals surface area (Å²) in [5, 5.41) is 12.1. The van der Waals surface area contributed by atoms with Crippen LogP contribution in [-0.4, -0.2) is 28.6 Å². The molecule has 2 N–H and O–H groups in total. The number of carboxylic acid groups (broad SMARTS) is 1. The predicted octanol–water partition coefficient (Wildman–Crippen LogP) is 4.56. The van der Waals surface area contributed by atoms with Gasteiger partial charge in [0.2, 0.25) is 5.91 Å². The van der Waals surface area contributed by atoms with E-state index in [2.05, 4.69) is 10.3 Å². The quantitative estimate of drug-likeness (QED) is 0.534. The van der Waals surface area contributed by atoms with Gasteiger partial charge in [-0.15, -0.1) is 0 Å². The van der Waals surface area contributed by atoms with E-state index in [1.165, 1.54) is 0 Å². The summed E-state index contributed by atoms with van der Waals surface area (Å²) in [7, 11) is 0. The Morgan fingerprint density at radius 2 is 1.85 bits per heavy atom. The average molecular weight is 443 g/mol. The highest BCUT2D eigenvalue weighted by atomic mass is 16.5. The van der Waals surface area contributed by atoms with E-state index >= 15 is 0 Å². The Morgan fingerprint density at radius 1 is 1.03 bits per heavy atom. The molecule has 3 aromatic rings. The highest BCUT2D eigenvalue weighted by Gasteiger charge is 2.20. The van der Waals surface area contributed by atoms with Gasteiger partial charge in [0.25, 0.3) is 0 Å². The Kier molecular flexibility index (Phi) is 7.15. The zero-order valence-corrected chi connectivity index (χ0v) is 18.2. The Balaban J connectivity index is 1.51. The maximum atomic E-state index is 12.9. The normalized spacial score (nSPS) is 14.8. The van der Waals surface area contributed by atoms with E-state index in [1.54, 1.807) is 18.5 Å². The smallest absolute Gasteiger partial charge is 0.341 e. The number of aliphatic carboxylic acids is 1. The van der Waals surface area contributed by atoms with E-state index in [0.29, 0.717) is 5.75 Å². The number of rotatable bonds is 8. The van der Waals surface area contributed by atoms with Crippen LogP contribution in [0.5, 0.6) is 5.75 Å². The SMILES string of the molecule is O=C(O)COc1cccc2c1CCC/C2=C\CC(=O)NC(c1ccccc1)c1cccnc1. The van der Waals surface area contributed by atoms with Gasteiger partial charge < -0.3 is 15.2 Å². The van der Waals surface area contributed by atoms with Crippen molar-refractivity contribution in [3.05, 3.63) is 101 Å². The number of aromatic nitrogens is 1. The zero-order chi connectivity index (χ0) is 23.0. The van der Waals surface area contributed by atoms with Crippen molar-refractivity contribution in [2.75, 3.05) is 6.61 Å². The van der Waals surface area contributed by atoms with Crippen molar-refractivity contribution in [2.45, 2.75) is 31.7 Å². The molecule has 0 saturated carbocycles. The summed E-state index contributed by atoms with van der Waals surface area (Å²) in [6.45, 7) is -0.368. The summed E-state index contributed by atoms with van der Waals surface area (Å²) in [6, 6.07) is 19.1. The number of allylic oxidation sites excluding steroid dienone is 1. The molecule has 2 aromatic carbocycles. The molecule has 0 aliphatic heterocycles. The third-order valence-electron chi connectivity index (χ3n) is 5.69. The largest absolute Gasteiger partial charge is 0.482 e. The number of benzene rings is 2. The number of carbonyl (C=O) groups is 2. The summed E-state index contributed by atoms with van der Waals surface area (Å²) in [5.41, 5.74) is 5.05. The fourth-order valence-electron chi connectivity index (χ4n) is 4.19. The van der Waals surface area contributed by atoms with Crippen LogP contribution in [0.25, 0.3) is 5.57 Å². The van der Waals surface area contributed by atoms with Crippen LogP contribution in [0.15, 0.2) is 79.1 Å². The molecule has 6 nitrogen and oxygen atoms in total. The second-order valence-electron chi connectivity index (χ2n) is 7.95. The molecule has 6 heteroatoms. The third-order valence-corrected chi connectivity index (χ3v) is 5.69. The number of fused-ring (bicyclic) bond motifs is 1. The van der Waals surface area contributed by atoms with Crippen LogP contribution in [-0.2, 0) is 16.0 Å². The van der Waals surface area contributed by atoms with Crippen molar-refractivity contribution in [1.82, 2.24) is 10.3 Å². The van der Waals surface area contributed by atoms with E-state index in [1.807, 2.05) is 60.7 Å². The number of carbonyl (C=O) groups excluding carboxylic acids is 1. The lowest BCUT2D eigenvalue weighted by Crippen LogP contribution is -2.28.